The fraction of sp³-hybridized carbons (Fsp3) is 0.182. The molecule has 15 heteroatoms. The van der Waals surface area contributed by atoms with Crippen LogP contribution in [0.4, 0.5) is 43.9 Å². The first-order valence-electron chi connectivity index (χ1n) is 14.0. The monoisotopic (exact) mass is 675 g/mol. The molecule has 48 heavy (non-hydrogen) atoms. The van der Waals surface area contributed by atoms with Crippen molar-refractivity contribution < 1.29 is 43.9 Å². The van der Waals surface area contributed by atoms with Crippen LogP contribution in [0.3, 0.4) is 0 Å². The van der Waals surface area contributed by atoms with Crippen molar-refractivity contribution in [2.45, 2.75) is 38.0 Å². The molecule has 0 fully saturated rings. The van der Waals surface area contributed by atoms with Gasteiger partial charge in [-0.15, -0.1) is 0 Å². The lowest BCUT2D eigenvalue weighted by atomic mass is 9.96. The maximum absolute atomic E-state index is 14.8. The molecular formula is C33H15F10N3O2. The summed E-state index contributed by atoms with van der Waals surface area (Å²) in [4.78, 5) is 31.9. The van der Waals surface area contributed by atoms with Crippen LogP contribution in [0.1, 0.15) is 36.1 Å². The molecule has 0 radical (unpaired) electrons. The van der Waals surface area contributed by atoms with Crippen LogP contribution in [-0.2, 0) is 24.2 Å². The second kappa shape index (κ2) is 8.82. The molecule has 4 aromatic heterocycles. The Hall–Kier alpha value is -5.21. The van der Waals surface area contributed by atoms with E-state index in [1.807, 2.05) is 0 Å². The Kier molecular flexibility index (Phi) is 5.54. The molecule has 8 aromatic rings. The van der Waals surface area contributed by atoms with Gasteiger partial charge in [0.1, 0.15) is 11.2 Å². The SMILES string of the molecule is CC(F)(F)c1cc(C(C)(F)F)c2cc3c4ccc5c(=O)n6c7cc(C(F)(F)F)cc(C(F)(F)F)c7nc6c6ccc(c(=O)n3c2c1)c4c56. The normalized spacial score (nSPS) is 14.0. The molecule has 244 valence electrons. The Balaban J connectivity index is 1.58. The Morgan fingerprint density at radius 1 is 0.521 bits per heavy atom. The van der Waals surface area contributed by atoms with Crippen LogP contribution in [0.5, 0.6) is 0 Å². The van der Waals surface area contributed by atoms with Gasteiger partial charge in [0.25, 0.3) is 23.0 Å². The molecule has 0 spiro atoms. The maximum Gasteiger partial charge on any atom is 0.418 e. The summed E-state index contributed by atoms with van der Waals surface area (Å²) in [6.07, 6.45) is -10.5. The molecule has 0 aliphatic carbocycles. The lowest BCUT2D eigenvalue weighted by molar-refractivity contribution is -0.142. The number of hydrogen-bond donors (Lipinski definition) is 0. The van der Waals surface area contributed by atoms with Crippen molar-refractivity contribution in [3.8, 4) is 0 Å². The standard InChI is InChI=1S/C33H15F10N3O2/c1-30(34,35)12-7-19(31(2,36)37)18-11-22-14-3-5-17-25-15(4-6-16(24(14)25)28(47)45(22)21(18)9-12)27-44-26-20(33(41,42)43)8-13(32(38,39)40)10-23(26)46(27)29(17)48/h3-11H,1-2H3. The van der Waals surface area contributed by atoms with Crippen molar-refractivity contribution in [3.63, 3.8) is 0 Å². The highest BCUT2D eigenvalue weighted by molar-refractivity contribution is 6.28. The number of fused-ring (bicyclic) bond motifs is 8. The number of halogens is 10. The molecule has 8 rings (SSSR count). The Morgan fingerprint density at radius 3 is 1.62 bits per heavy atom. The van der Waals surface area contributed by atoms with E-state index in [9.17, 15) is 53.5 Å². The minimum atomic E-state index is -5.28. The quantitative estimate of drug-likeness (QED) is 0.136. The van der Waals surface area contributed by atoms with E-state index in [1.54, 1.807) is 0 Å². The van der Waals surface area contributed by atoms with Gasteiger partial charge >= 0.3 is 12.4 Å². The summed E-state index contributed by atoms with van der Waals surface area (Å²) in [5, 5.41) is -0.0484. The van der Waals surface area contributed by atoms with E-state index in [0.29, 0.717) is 30.4 Å². The molecule has 5 nitrogen and oxygen atoms in total. The van der Waals surface area contributed by atoms with Gasteiger partial charge in [0.05, 0.1) is 27.7 Å². The molecule has 4 heterocycles. The zero-order chi connectivity index (χ0) is 34.6. The number of alkyl halides is 10. The van der Waals surface area contributed by atoms with Gasteiger partial charge < -0.3 is 0 Å². The number of aromatic nitrogens is 3. The van der Waals surface area contributed by atoms with E-state index in [2.05, 4.69) is 4.98 Å². The minimum Gasteiger partial charge on any atom is -0.276 e. The molecule has 0 bridgehead atoms. The second-order valence-corrected chi connectivity index (χ2v) is 11.9. The van der Waals surface area contributed by atoms with Crippen molar-refractivity contribution >= 4 is 65.4 Å². The van der Waals surface area contributed by atoms with Crippen molar-refractivity contribution in [3.05, 3.63) is 97.6 Å². The summed E-state index contributed by atoms with van der Waals surface area (Å²) < 4.78 is 143. The minimum absolute atomic E-state index is 0.0222. The van der Waals surface area contributed by atoms with Gasteiger partial charge in [-0.3, -0.25) is 18.4 Å². The second-order valence-electron chi connectivity index (χ2n) is 11.9. The molecule has 0 aliphatic rings. The van der Waals surface area contributed by atoms with Gasteiger partial charge in [-0.05, 0) is 48.5 Å². The fourth-order valence-corrected chi connectivity index (χ4v) is 6.78. The van der Waals surface area contributed by atoms with Crippen molar-refractivity contribution in [2.75, 3.05) is 0 Å². The number of pyridine rings is 2. The number of hydrogen-bond acceptors (Lipinski definition) is 3. The number of nitrogens with zero attached hydrogens (tertiary/aromatic N) is 3. The number of imidazole rings is 1. The van der Waals surface area contributed by atoms with Crippen molar-refractivity contribution in [1.29, 1.82) is 0 Å². The van der Waals surface area contributed by atoms with Crippen LogP contribution in [0.25, 0.3) is 65.4 Å². The molecular weight excluding hydrogens is 660 g/mol. The van der Waals surface area contributed by atoms with E-state index in [0.717, 1.165) is 10.5 Å². The maximum atomic E-state index is 14.8. The third-order valence-electron chi connectivity index (χ3n) is 8.84. The molecule has 0 saturated carbocycles. The number of benzene rings is 4. The van der Waals surface area contributed by atoms with E-state index in [-0.39, 0.29) is 54.8 Å². The van der Waals surface area contributed by atoms with E-state index in [1.165, 1.54) is 30.3 Å². The highest BCUT2D eigenvalue weighted by atomic mass is 19.4. The van der Waals surface area contributed by atoms with Gasteiger partial charge in [-0.25, -0.2) is 22.5 Å². The first-order valence-corrected chi connectivity index (χ1v) is 14.0. The Morgan fingerprint density at radius 2 is 1.04 bits per heavy atom. The van der Waals surface area contributed by atoms with Crippen LogP contribution in [0.15, 0.2) is 64.2 Å². The van der Waals surface area contributed by atoms with Crippen LogP contribution < -0.4 is 11.1 Å². The van der Waals surface area contributed by atoms with Crippen LogP contribution in [-0.4, -0.2) is 13.8 Å². The smallest absolute Gasteiger partial charge is 0.276 e. The van der Waals surface area contributed by atoms with E-state index < -0.39 is 74.3 Å². The molecule has 0 N–H and O–H groups in total. The summed E-state index contributed by atoms with van der Waals surface area (Å²) in [5.41, 5.74) is -8.94. The van der Waals surface area contributed by atoms with Gasteiger partial charge in [0.15, 0.2) is 0 Å². The third-order valence-corrected chi connectivity index (χ3v) is 8.84. The first kappa shape index (κ1) is 30.1. The zero-order valence-electron chi connectivity index (χ0n) is 24.1. The summed E-state index contributed by atoms with van der Waals surface area (Å²) in [5.74, 6) is -7.15. The van der Waals surface area contributed by atoms with Crippen LogP contribution in [0.2, 0.25) is 0 Å². The topological polar surface area (TPSA) is 55.9 Å². The molecule has 4 aromatic carbocycles. The van der Waals surface area contributed by atoms with Crippen LogP contribution in [0, 0.1) is 0 Å². The van der Waals surface area contributed by atoms with Crippen LogP contribution >= 0.6 is 0 Å². The molecule has 0 unspecified atom stereocenters. The Bertz CT molecular complexity index is 2630. The van der Waals surface area contributed by atoms with Gasteiger partial charge in [-0.1, -0.05) is 6.07 Å². The summed E-state index contributed by atoms with van der Waals surface area (Å²) in [6, 6.07) is 8.29. The summed E-state index contributed by atoms with van der Waals surface area (Å²) in [7, 11) is 0. The largest absolute Gasteiger partial charge is 0.418 e. The summed E-state index contributed by atoms with van der Waals surface area (Å²) >= 11 is 0. The average Bonchev–Trinajstić information content (AvgIpc) is 3.55. The van der Waals surface area contributed by atoms with Gasteiger partial charge in [0, 0.05) is 62.7 Å². The number of rotatable bonds is 2. The van der Waals surface area contributed by atoms with E-state index in [4.69, 9.17) is 0 Å². The molecule has 0 amide bonds. The van der Waals surface area contributed by atoms with E-state index >= 15 is 0 Å². The van der Waals surface area contributed by atoms with Gasteiger partial charge in [-0.2, -0.15) is 26.3 Å². The Labute approximate surface area is 258 Å². The molecule has 0 aliphatic heterocycles. The highest BCUT2D eigenvalue weighted by Gasteiger charge is 2.40. The van der Waals surface area contributed by atoms with Crippen molar-refractivity contribution in [2.24, 2.45) is 0 Å². The fourth-order valence-electron chi connectivity index (χ4n) is 6.78. The molecule has 0 atom stereocenters. The van der Waals surface area contributed by atoms with Crippen molar-refractivity contribution in [1.82, 2.24) is 13.8 Å². The van der Waals surface area contributed by atoms with Gasteiger partial charge in [0.2, 0.25) is 0 Å². The molecule has 0 saturated heterocycles. The lowest BCUT2D eigenvalue weighted by Crippen LogP contribution is -2.17. The average molecular weight is 675 g/mol. The zero-order valence-corrected chi connectivity index (χ0v) is 24.1. The third kappa shape index (κ3) is 3.89. The predicted octanol–water partition coefficient (Wildman–Crippen LogP) is 9.21. The lowest BCUT2D eigenvalue weighted by Gasteiger charge is -2.17. The first-order chi connectivity index (χ1) is 22.2. The highest BCUT2D eigenvalue weighted by Crippen LogP contribution is 2.44. The predicted molar refractivity (Wildman–Crippen MR) is 158 cm³/mol. The summed E-state index contributed by atoms with van der Waals surface area (Å²) in [6.45, 7) is 1.05.